The van der Waals surface area contributed by atoms with Crippen LogP contribution in [0.25, 0.3) is 11.2 Å². The fourth-order valence-corrected chi connectivity index (χ4v) is 6.67. The number of nitrogens with two attached hydrogens (primary N) is 1. The van der Waals surface area contributed by atoms with Gasteiger partial charge in [-0.1, -0.05) is 25.0 Å². The van der Waals surface area contributed by atoms with Gasteiger partial charge in [0, 0.05) is 37.3 Å². The van der Waals surface area contributed by atoms with Crippen LogP contribution in [0, 0.1) is 0 Å². The maximum Gasteiger partial charge on any atom is 0.227 e. The number of aromatic nitrogens is 4. The van der Waals surface area contributed by atoms with Gasteiger partial charge in [-0.25, -0.2) is 4.98 Å². The lowest BCUT2D eigenvalue weighted by Gasteiger charge is -2.36. The minimum Gasteiger partial charge on any atom is -0.497 e. The number of ether oxygens (including phenoxy) is 1. The van der Waals surface area contributed by atoms with Crippen LogP contribution in [-0.4, -0.2) is 69.0 Å². The van der Waals surface area contributed by atoms with E-state index in [0.29, 0.717) is 24.1 Å². The first kappa shape index (κ1) is 27.0. The molecule has 10 nitrogen and oxygen atoms in total. The van der Waals surface area contributed by atoms with Crippen molar-refractivity contribution in [1.82, 2.24) is 24.4 Å². The number of imidazole rings is 1. The molecule has 1 atom stereocenters. The van der Waals surface area contributed by atoms with Gasteiger partial charge in [0.15, 0.2) is 17.0 Å². The fraction of sp³-hybridized carbons (Fsp3) is 0.600. The molecular weight excluding hydrogens is 504 g/mol. The minimum absolute atomic E-state index is 0.245. The van der Waals surface area contributed by atoms with Gasteiger partial charge in [0.05, 0.1) is 19.5 Å². The van der Waals surface area contributed by atoms with Crippen molar-refractivity contribution in [1.29, 1.82) is 0 Å². The van der Waals surface area contributed by atoms with Gasteiger partial charge in [-0.15, -0.1) is 0 Å². The first-order chi connectivity index (χ1) is 19.6. The van der Waals surface area contributed by atoms with E-state index in [9.17, 15) is 4.79 Å². The summed E-state index contributed by atoms with van der Waals surface area (Å²) in [7, 11) is 1.65. The largest absolute Gasteiger partial charge is 0.497 e. The number of hydrogen-bond acceptors (Lipinski definition) is 9. The molecule has 214 valence electrons. The zero-order valence-electron chi connectivity index (χ0n) is 23.5. The molecule has 2 saturated carbocycles. The highest BCUT2D eigenvalue weighted by Crippen LogP contribution is 2.34. The van der Waals surface area contributed by atoms with Crippen molar-refractivity contribution in [2.45, 2.75) is 94.4 Å². The zero-order valence-corrected chi connectivity index (χ0v) is 23.5. The quantitative estimate of drug-likeness (QED) is 0.334. The smallest absolute Gasteiger partial charge is 0.227 e. The van der Waals surface area contributed by atoms with E-state index in [-0.39, 0.29) is 12.1 Å². The van der Waals surface area contributed by atoms with Gasteiger partial charge in [0.25, 0.3) is 0 Å². The second-order valence-electron chi connectivity index (χ2n) is 11.7. The summed E-state index contributed by atoms with van der Waals surface area (Å²) in [5, 5.41) is 7.35. The molecule has 3 heterocycles. The average Bonchev–Trinajstić information content (AvgIpc) is 3.66. The Morgan fingerprint density at radius 3 is 2.33 bits per heavy atom. The Kier molecular flexibility index (Phi) is 8.15. The van der Waals surface area contributed by atoms with E-state index in [2.05, 4.69) is 20.1 Å². The average molecular weight is 547 g/mol. The van der Waals surface area contributed by atoms with E-state index < -0.39 is 0 Å². The highest BCUT2D eigenvalue weighted by Gasteiger charge is 2.28. The Morgan fingerprint density at radius 1 is 0.950 bits per heavy atom. The summed E-state index contributed by atoms with van der Waals surface area (Å²) in [5.41, 5.74) is 8.90. The lowest BCUT2D eigenvalue weighted by atomic mass is 9.92. The first-order valence-corrected chi connectivity index (χ1v) is 15.0. The molecular formula is C30H42N8O2. The lowest BCUT2D eigenvalue weighted by molar-refractivity contribution is -0.113. The van der Waals surface area contributed by atoms with Crippen molar-refractivity contribution >= 4 is 29.2 Å². The number of rotatable bonds is 9. The number of hydrogen-bond donors (Lipinski definition) is 3. The molecule has 1 saturated heterocycles. The van der Waals surface area contributed by atoms with Crippen LogP contribution in [-0.2, 0) is 4.79 Å². The monoisotopic (exact) mass is 546 g/mol. The Morgan fingerprint density at radius 2 is 1.65 bits per heavy atom. The number of carbonyl (C=O) groups is 1. The number of fused-ring (bicyclic) bond motifs is 1. The number of methoxy groups -OCH3 is 1. The molecule has 10 heteroatoms. The predicted molar refractivity (Wildman–Crippen MR) is 157 cm³/mol. The van der Waals surface area contributed by atoms with Crippen molar-refractivity contribution in [3.8, 4) is 5.75 Å². The van der Waals surface area contributed by atoms with Crippen LogP contribution in [0.15, 0.2) is 30.6 Å². The number of piperidine rings is 1. The minimum atomic E-state index is -0.251. The number of nitrogens with zero attached hydrogens (tertiary/aromatic N) is 5. The molecule has 1 aliphatic heterocycles. The van der Waals surface area contributed by atoms with Crippen LogP contribution < -0.4 is 21.1 Å². The number of nitrogens with one attached hydrogen (secondary N) is 2. The normalized spacial score (nSPS) is 23.8. The van der Waals surface area contributed by atoms with E-state index in [1.54, 1.807) is 7.11 Å². The highest BCUT2D eigenvalue weighted by atomic mass is 16.5. The number of anilines is 2. The molecule has 0 bridgehead atoms. The zero-order chi connectivity index (χ0) is 27.5. The van der Waals surface area contributed by atoms with Crippen molar-refractivity contribution < 1.29 is 9.53 Å². The van der Waals surface area contributed by atoms with Crippen molar-refractivity contribution in [3.63, 3.8) is 0 Å². The molecule has 2 aromatic heterocycles. The van der Waals surface area contributed by atoms with Gasteiger partial charge in [0.2, 0.25) is 5.95 Å². The van der Waals surface area contributed by atoms with Gasteiger partial charge >= 0.3 is 0 Å². The maximum absolute atomic E-state index is 12.1. The van der Waals surface area contributed by atoms with Crippen LogP contribution >= 0.6 is 0 Å². The van der Waals surface area contributed by atoms with Gasteiger partial charge < -0.3 is 30.5 Å². The third kappa shape index (κ3) is 5.78. The number of likely N-dealkylation sites (tertiary alicyclic amines) is 1. The summed E-state index contributed by atoms with van der Waals surface area (Å²) < 4.78 is 7.55. The van der Waals surface area contributed by atoms with Gasteiger partial charge in [0.1, 0.15) is 12.0 Å². The van der Waals surface area contributed by atoms with Crippen LogP contribution in [0.5, 0.6) is 5.75 Å². The molecule has 3 fully saturated rings. The molecule has 0 spiro atoms. The summed E-state index contributed by atoms with van der Waals surface area (Å²) in [4.78, 5) is 29.1. The van der Waals surface area contributed by atoms with Crippen LogP contribution in [0.2, 0.25) is 0 Å². The lowest BCUT2D eigenvalue weighted by Crippen LogP contribution is -2.41. The Balaban J connectivity index is 1.18. The Bertz CT molecular complexity index is 1270. The van der Waals surface area contributed by atoms with Crippen LogP contribution in [0.4, 0.5) is 11.8 Å². The van der Waals surface area contributed by atoms with Crippen LogP contribution in [0.1, 0.15) is 81.9 Å². The number of carbonyl (C=O) groups excluding carboxylic acids is 1. The molecule has 2 aliphatic carbocycles. The van der Waals surface area contributed by atoms with E-state index in [1.165, 1.54) is 25.7 Å². The first-order valence-electron chi connectivity index (χ1n) is 15.0. The van der Waals surface area contributed by atoms with E-state index in [0.717, 1.165) is 86.2 Å². The number of aldehydes is 1. The molecule has 1 unspecified atom stereocenters. The van der Waals surface area contributed by atoms with E-state index in [1.807, 2.05) is 30.6 Å². The van der Waals surface area contributed by atoms with Gasteiger partial charge in [-0.05, 0) is 69.1 Å². The summed E-state index contributed by atoms with van der Waals surface area (Å²) in [6.45, 7) is 1.65. The molecule has 1 aromatic carbocycles. The molecule has 0 radical (unpaired) electrons. The summed E-state index contributed by atoms with van der Waals surface area (Å²) in [5.74, 6) is 2.27. The van der Waals surface area contributed by atoms with Gasteiger partial charge in [-0.3, -0.25) is 4.90 Å². The molecule has 3 aromatic rings. The molecule has 40 heavy (non-hydrogen) atoms. The Labute approximate surface area is 236 Å². The molecule has 6 rings (SSSR count). The third-order valence-electron chi connectivity index (χ3n) is 9.09. The summed E-state index contributed by atoms with van der Waals surface area (Å²) >= 11 is 0. The summed E-state index contributed by atoms with van der Waals surface area (Å²) in [6, 6.07) is 8.89. The second kappa shape index (κ2) is 12.1. The van der Waals surface area contributed by atoms with Gasteiger partial charge in [-0.2, -0.15) is 9.97 Å². The summed E-state index contributed by atoms with van der Waals surface area (Å²) in [6.07, 6.45) is 13.8. The highest BCUT2D eigenvalue weighted by molar-refractivity contribution is 5.84. The Hall–Kier alpha value is -3.24. The van der Waals surface area contributed by atoms with Crippen molar-refractivity contribution in [3.05, 3.63) is 36.2 Å². The SMILES string of the molecule is COc1ccc(C(C=O)N2CCC(Nc3nc(NC4CCC(N)CC4)nc4c3ncn4C3CCCC3)CC2)cc1. The fourth-order valence-electron chi connectivity index (χ4n) is 6.67. The maximum atomic E-state index is 12.1. The third-order valence-corrected chi connectivity index (χ3v) is 9.09. The van der Waals surface area contributed by atoms with Crippen LogP contribution in [0.3, 0.4) is 0 Å². The van der Waals surface area contributed by atoms with Crippen molar-refractivity contribution in [2.75, 3.05) is 30.8 Å². The predicted octanol–water partition coefficient (Wildman–Crippen LogP) is 4.45. The molecule has 4 N–H and O–H groups in total. The molecule has 0 amide bonds. The second-order valence-corrected chi connectivity index (χ2v) is 11.7. The van der Waals surface area contributed by atoms with E-state index >= 15 is 0 Å². The van der Waals surface area contributed by atoms with Crippen molar-refractivity contribution in [2.24, 2.45) is 5.73 Å². The molecule has 3 aliphatic rings. The van der Waals surface area contributed by atoms with E-state index in [4.69, 9.17) is 25.4 Å². The number of benzene rings is 1. The standard InChI is InChI=1S/C30H42N8O2/c1-40-25-12-6-20(7-13-25)26(18-39)37-16-14-23(15-17-37)33-28-27-29(38(19-32-27)24-4-2-3-5-24)36-30(35-28)34-22-10-8-21(31)9-11-22/h6-7,12-13,18-19,21-24,26H,2-5,8-11,14-17,31H2,1H3,(H2,33,34,35,36). The topological polar surface area (TPSA) is 123 Å².